The molecular formula is C13H9NO2. The molecule has 0 spiro atoms. The summed E-state index contributed by atoms with van der Waals surface area (Å²) in [5.74, 6) is 1.02. The van der Waals surface area contributed by atoms with Crippen LogP contribution >= 0.6 is 0 Å². The van der Waals surface area contributed by atoms with Gasteiger partial charge in [-0.2, -0.15) is 0 Å². The third-order valence-corrected chi connectivity index (χ3v) is 2.63. The summed E-state index contributed by atoms with van der Waals surface area (Å²) in [5.41, 5.74) is 3.07. The van der Waals surface area contributed by atoms with Gasteiger partial charge in [-0.15, -0.1) is 0 Å². The second kappa shape index (κ2) is 3.45. The maximum atomic E-state index is 10.5. The van der Waals surface area contributed by atoms with Crippen molar-refractivity contribution in [2.75, 3.05) is 0 Å². The van der Waals surface area contributed by atoms with Gasteiger partial charge < -0.3 is 4.42 Å². The van der Waals surface area contributed by atoms with Crippen LogP contribution in [-0.4, -0.2) is 12.0 Å². The van der Waals surface area contributed by atoms with Crippen molar-refractivity contribution < 1.29 is 9.21 Å². The molecule has 0 saturated heterocycles. The molecule has 16 heavy (non-hydrogen) atoms. The highest BCUT2D eigenvalue weighted by Crippen LogP contribution is 2.28. The van der Waals surface area contributed by atoms with E-state index in [1.165, 1.54) is 5.56 Å². The minimum absolute atomic E-state index is 0.341. The van der Waals surface area contributed by atoms with Crippen molar-refractivity contribution in [1.29, 1.82) is 0 Å². The zero-order valence-corrected chi connectivity index (χ0v) is 8.51. The number of carbonyl (C=O) groups is 1. The molecule has 0 radical (unpaired) electrons. The van der Waals surface area contributed by atoms with Crippen LogP contribution in [0.1, 0.15) is 21.9 Å². The molecule has 0 unspecified atom stereocenters. The first kappa shape index (κ1) is 9.09. The van der Waals surface area contributed by atoms with Crippen LogP contribution < -0.4 is 0 Å². The summed E-state index contributed by atoms with van der Waals surface area (Å²) >= 11 is 0. The van der Waals surface area contributed by atoms with Crippen molar-refractivity contribution in [3.05, 3.63) is 53.5 Å². The highest BCUT2D eigenvalue weighted by atomic mass is 16.3. The number of para-hydroxylation sites is 1. The molecule has 3 heteroatoms. The smallest absolute Gasteiger partial charge is 0.185 e. The molecule has 78 valence electrons. The van der Waals surface area contributed by atoms with Crippen LogP contribution in [0.5, 0.6) is 0 Å². The molecule has 1 aromatic carbocycles. The Kier molecular flexibility index (Phi) is 1.96. The summed E-state index contributed by atoms with van der Waals surface area (Å²) in [6.45, 7) is 0. The molecule has 3 rings (SSSR count). The minimum atomic E-state index is 0.341. The Morgan fingerprint density at radius 1 is 1.19 bits per heavy atom. The molecule has 2 heterocycles. The van der Waals surface area contributed by atoms with Crippen LogP contribution in [0.15, 0.2) is 45.8 Å². The molecular weight excluding hydrogens is 202 g/mol. The third kappa shape index (κ3) is 1.37. The first-order valence-corrected chi connectivity index (χ1v) is 5.07. The largest absolute Gasteiger partial charge is 0.452 e. The van der Waals surface area contributed by atoms with E-state index in [2.05, 4.69) is 11.1 Å². The Hall–Kier alpha value is -2.16. The van der Waals surface area contributed by atoms with Crippen LogP contribution in [0.4, 0.5) is 5.69 Å². The van der Waals surface area contributed by atoms with Gasteiger partial charge in [-0.3, -0.25) is 4.79 Å². The van der Waals surface area contributed by atoms with Gasteiger partial charge in [0, 0.05) is 6.42 Å². The number of aldehydes is 1. The van der Waals surface area contributed by atoms with E-state index < -0.39 is 0 Å². The van der Waals surface area contributed by atoms with Gasteiger partial charge in [-0.25, -0.2) is 4.99 Å². The topological polar surface area (TPSA) is 42.6 Å². The van der Waals surface area contributed by atoms with Crippen molar-refractivity contribution in [3.63, 3.8) is 0 Å². The van der Waals surface area contributed by atoms with Gasteiger partial charge in [0.05, 0.1) is 11.4 Å². The molecule has 0 aliphatic carbocycles. The van der Waals surface area contributed by atoms with Gasteiger partial charge >= 0.3 is 0 Å². The molecule has 2 aromatic rings. The monoisotopic (exact) mass is 211 g/mol. The normalized spacial score (nSPS) is 13.4. The summed E-state index contributed by atoms with van der Waals surface area (Å²) in [4.78, 5) is 15.0. The van der Waals surface area contributed by atoms with Gasteiger partial charge in [0.1, 0.15) is 5.76 Å². The molecule has 0 atom stereocenters. The van der Waals surface area contributed by atoms with Gasteiger partial charge in [0.2, 0.25) is 0 Å². The molecule has 1 aromatic heterocycles. The first-order chi connectivity index (χ1) is 7.86. The second-order valence-corrected chi connectivity index (χ2v) is 3.68. The number of fused-ring (bicyclic) bond motifs is 1. The Morgan fingerprint density at radius 3 is 2.81 bits per heavy atom. The molecule has 0 amide bonds. The van der Waals surface area contributed by atoms with E-state index in [-0.39, 0.29) is 0 Å². The lowest BCUT2D eigenvalue weighted by Crippen LogP contribution is -1.97. The average Bonchev–Trinajstić information content (AvgIpc) is 2.95. The Balaban J connectivity index is 1.98. The number of furan rings is 1. The maximum Gasteiger partial charge on any atom is 0.185 e. The summed E-state index contributed by atoms with van der Waals surface area (Å²) in [7, 11) is 0. The molecule has 3 nitrogen and oxygen atoms in total. The predicted octanol–water partition coefficient (Wildman–Crippen LogP) is 2.77. The maximum absolute atomic E-state index is 10.5. The number of nitrogens with zero attached hydrogens (tertiary/aromatic N) is 1. The van der Waals surface area contributed by atoms with Gasteiger partial charge in [-0.05, 0) is 23.8 Å². The molecule has 0 N–H and O–H groups in total. The zero-order chi connectivity index (χ0) is 11.0. The fourth-order valence-electron chi connectivity index (χ4n) is 1.85. The van der Waals surface area contributed by atoms with Gasteiger partial charge in [-0.1, -0.05) is 18.2 Å². The highest BCUT2D eigenvalue weighted by Gasteiger charge is 2.17. The summed E-state index contributed by atoms with van der Waals surface area (Å²) in [5, 5.41) is 0. The lowest BCUT2D eigenvalue weighted by Gasteiger charge is -1.93. The second-order valence-electron chi connectivity index (χ2n) is 3.68. The van der Waals surface area contributed by atoms with Crippen LogP contribution in [-0.2, 0) is 6.42 Å². The fourth-order valence-corrected chi connectivity index (χ4v) is 1.85. The number of hydrogen-bond donors (Lipinski definition) is 0. The van der Waals surface area contributed by atoms with Gasteiger partial charge in [0.15, 0.2) is 12.0 Å². The Bertz CT molecular complexity index is 581. The van der Waals surface area contributed by atoms with Crippen molar-refractivity contribution in [1.82, 2.24) is 0 Å². The molecule has 1 aliphatic heterocycles. The molecule has 1 aliphatic rings. The molecule has 0 fully saturated rings. The summed E-state index contributed by atoms with van der Waals surface area (Å²) in [6.07, 6.45) is 1.47. The average molecular weight is 211 g/mol. The lowest BCUT2D eigenvalue weighted by molar-refractivity contribution is 0.110. The van der Waals surface area contributed by atoms with Crippen LogP contribution in [0.3, 0.4) is 0 Å². The van der Waals surface area contributed by atoms with E-state index in [9.17, 15) is 4.79 Å². The molecule has 0 bridgehead atoms. The summed E-state index contributed by atoms with van der Waals surface area (Å²) < 4.78 is 5.35. The Labute approximate surface area is 92.4 Å². The number of carbonyl (C=O) groups excluding carboxylic acids is 1. The summed E-state index contributed by atoms with van der Waals surface area (Å²) in [6, 6.07) is 11.4. The number of aliphatic imine (C=N–C) groups is 1. The van der Waals surface area contributed by atoms with Crippen molar-refractivity contribution >= 4 is 17.7 Å². The third-order valence-electron chi connectivity index (χ3n) is 2.63. The van der Waals surface area contributed by atoms with E-state index in [1.807, 2.05) is 18.2 Å². The predicted molar refractivity (Wildman–Crippen MR) is 60.4 cm³/mol. The van der Waals surface area contributed by atoms with Crippen LogP contribution in [0.2, 0.25) is 0 Å². The van der Waals surface area contributed by atoms with Crippen molar-refractivity contribution in [2.24, 2.45) is 4.99 Å². The minimum Gasteiger partial charge on any atom is -0.452 e. The lowest BCUT2D eigenvalue weighted by atomic mass is 10.1. The first-order valence-electron chi connectivity index (χ1n) is 5.07. The van der Waals surface area contributed by atoms with Crippen molar-refractivity contribution in [2.45, 2.75) is 6.42 Å². The van der Waals surface area contributed by atoms with E-state index in [1.54, 1.807) is 12.1 Å². The van der Waals surface area contributed by atoms with Crippen LogP contribution in [0.25, 0.3) is 0 Å². The highest BCUT2D eigenvalue weighted by molar-refractivity contribution is 6.04. The standard InChI is InChI=1S/C13H9NO2/c15-8-10-5-6-13(16-10)12-7-9-3-1-2-4-11(9)14-12/h1-6,8H,7H2. The van der Waals surface area contributed by atoms with E-state index in [0.29, 0.717) is 17.8 Å². The quantitative estimate of drug-likeness (QED) is 0.717. The number of benzene rings is 1. The Morgan fingerprint density at radius 2 is 2.06 bits per heavy atom. The zero-order valence-electron chi connectivity index (χ0n) is 8.51. The van der Waals surface area contributed by atoms with E-state index in [0.717, 1.165) is 17.8 Å². The fraction of sp³-hybridized carbons (Fsp3) is 0.0769. The number of rotatable bonds is 2. The molecule has 0 saturated carbocycles. The van der Waals surface area contributed by atoms with Crippen molar-refractivity contribution in [3.8, 4) is 0 Å². The van der Waals surface area contributed by atoms with E-state index >= 15 is 0 Å². The van der Waals surface area contributed by atoms with E-state index in [4.69, 9.17) is 4.42 Å². The van der Waals surface area contributed by atoms with Crippen LogP contribution in [0, 0.1) is 0 Å². The SMILES string of the molecule is O=Cc1ccc(C2=Nc3ccccc3C2)o1. The number of hydrogen-bond acceptors (Lipinski definition) is 3. The van der Waals surface area contributed by atoms with Gasteiger partial charge in [0.25, 0.3) is 0 Å².